The highest BCUT2D eigenvalue weighted by Gasteiger charge is 2.31. The van der Waals surface area contributed by atoms with Gasteiger partial charge in [0.2, 0.25) is 0 Å². The van der Waals surface area contributed by atoms with Crippen LogP contribution in [-0.4, -0.2) is 42.6 Å². The average Bonchev–Trinajstić information content (AvgIpc) is 2.50. The third kappa shape index (κ3) is 4.12. The molecule has 1 heterocycles. The second-order valence-electron chi connectivity index (χ2n) is 5.59. The molecule has 5 heteroatoms. The van der Waals surface area contributed by atoms with Gasteiger partial charge in [-0.05, 0) is 31.6 Å². The van der Waals surface area contributed by atoms with E-state index < -0.39 is 6.04 Å². The maximum absolute atomic E-state index is 12.4. The van der Waals surface area contributed by atoms with Gasteiger partial charge in [-0.3, -0.25) is 0 Å². The first-order valence-corrected chi connectivity index (χ1v) is 7.70. The summed E-state index contributed by atoms with van der Waals surface area (Å²) in [6, 6.07) is -0.400. The summed E-state index contributed by atoms with van der Waals surface area (Å²) in [6.45, 7) is 6.83. The van der Waals surface area contributed by atoms with Crippen molar-refractivity contribution in [3.05, 3.63) is 0 Å². The predicted octanol–water partition coefficient (Wildman–Crippen LogP) is 2.55. The summed E-state index contributed by atoms with van der Waals surface area (Å²) in [5, 5.41) is 2.86. The monoisotopic (exact) mass is 284 g/mol. The van der Waals surface area contributed by atoms with Crippen molar-refractivity contribution in [1.29, 1.82) is 0 Å². The second-order valence-corrected chi connectivity index (χ2v) is 5.59. The number of hydrogen-bond acceptors (Lipinski definition) is 3. The molecule has 116 valence electrons. The van der Waals surface area contributed by atoms with Gasteiger partial charge in [0.1, 0.15) is 6.04 Å². The van der Waals surface area contributed by atoms with Gasteiger partial charge < -0.3 is 15.0 Å². The molecule has 0 bridgehead atoms. The van der Waals surface area contributed by atoms with Gasteiger partial charge in [0.25, 0.3) is 0 Å². The fourth-order valence-corrected chi connectivity index (χ4v) is 2.70. The minimum Gasteiger partial charge on any atom is -0.467 e. The van der Waals surface area contributed by atoms with Gasteiger partial charge in [-0.1, -0.05) is 27.2 Å². The van der Waals surface area contributed by atoms with Crippen molar-refractivity contribution in [2.75, 3.05) is 13.7 Å². The molecule has 1 N–H and O–H groups in total. The van der Waals surface area contributed by atoms with Crippen molar-refractivity contribution in [2.45, 2.75) is 65.0 Å². The highest BCUT2D eigenvalue weighted by molar-refractivity contribution is 5.84. The van der Waals surface area contributed by atoms with E-state index in [2.05, 4.69) is 12.2 Å². The van der Waals surface area contributed by atoms with Crippen molar-refractivity contribution >= 4 is 12.0 Å². The summed E-state index contributed by atoms with van der Waals surface area (Å²) >= 11 is 0. The number of esters is 1. The molecule has 1 aliphatic heterocycles. The predicted molar refractivity (Wildman–Crippen MR) is 78.4 cm³/mol. The van der Waals surface area contributed by atoms with Crippen LogP contribution in [0.15, 0.2) is 0 Å². The quantitative estimate of drug-likeness (QED) is 0.789. The molecule has 1 fully saturated rings. The van der Waals surface area contributed by atoms with E-state index in [1.54, 1.807) is 0 Å². The Morgan fingerprint density at radius 2 is 2.05 bits per heavy atom. The third-order valence-electron chi connectivity index (χ3n) is 4.31. The summed E-state index contributed by atoms with van der Waals surface area (Å²) < 4.78 is 4.80. The van der Waals surface area contributed by atoms with Crippen LogP contribution in [0.3, 0.4) is 0 Å². The number of nitrogens with one attached hydrogen (secondary N) is 1. The van der Waals surface area contributed by atoms with Gasteiger partial charge in [-0.25, -0.2) is 9.59 Å². The summed E-state index contributed by atoms with van der Waals surface area (Å²) in [4.78, 5) is 26.1. The Hall–Kier alpha value is -1.26. The van der Waals surface area contributed by atoms with E-state index >= 15 is 0 Å². The Balaban J connectivity index is 2.71. The first-order chi connectivity index (χ1) is 9.54. The van der Waals surface area contributed by atoms with E-state index in [-0.39, 0.29) is 17.9 Å². The molecular weight excluding hydrogens is 256 g/mol. The standard InChI is InChI=1S/C15H28N2O3/c1-5-11(3)13(14(18)20-4)16-15(19)17-10-8-7-9-12(17)6-2/h11-13H,5-10H2,1-4H3,(H,16,19)/t11-,12+,13+/m1/s1. The fourth-order valence-electron chi connectivity index (χ4n) is 2.70. The molecule has 0 spiro atoms. The smallest absolute Gasteiger partial charge is 0.328 e. The second kappa shape index (κ2) is 8.12. The number of likely N-dealkylation sites (tertiary alicyclic amines) is 1. The molecule has 5 nitrogen and oxygen atoms in total. The Labute approximate surface area is 122 Å². The SMILES string of the molecule is CC[C@H]1CCCCN1C(=O)N[C@H](C(=O)OC)[C@H](C)CC. The van der Waals surface area contributed by atoms with Crippen LogP contribution in [0.5, 0.6) is 0 Å². The molecule has 0 aromatic heterocycles. The van der Waals surface area contributed by atoms with Crippen LogP contribution in [0.2, 0.25) is 0 Å². The fraction of sp³-hybridized carbons (Fsp3) is 0.867. The largest absolute Gasteiger partial charge is 0.467 e. The van der Waals surface area contributed by atoms with Crippen molar-refractivity contribution < 1.29 is 14.3 Å². The zero-order valence-corrected chi connectivity index (χ0v) is 13.1. The van der Waals surface area contributed by atoms with Gasteiger partial charge in [-0.2, -0.15) is 0 Å². The molecule has 0 unspecified atom stereocenters. The average molecular weight is 284 g/mol. The first-order valence-electron chi connectivity index (χ1n) is 7.70. The Kier molecular flexibility index (Phi) is 6.82. The molecule has 3 atom stereocenters. The minimum absolute atomic E-state index is 0.0660. The van der Waals surface area contributed by atoms with E-state index in [4.69, 9.17) is 4.74 Å². The van der Waals surface area contributed by atoms with Gasteiger partial charge in [0.05, 0.1) is 7.11 Å². The van der Waals surface area contributed by atoms with E-state index in [1.807, 2.05) is 18.7 Å². The first kappa shape index (κ1) is 16.8. The zero-order chi connectivity index (χ0) is 15.1. The molecule has 20 heavy (non-hydrogen) atoms. The molecule has 2 amide bonds. The lowest BCUT2D eigenvalue weighted by atomic mass is 9.98. The molecule has 0 aromatic carbocycles. The van der Waals surface area contributed by atoms with E-state index in [0.717, 1.165) is 32.2 Å². The van der Waals surface area contributed by atoms with Crippen LogP contribution in [0.4, 0.5) is 4.79 Å². The van der Waals surface area contributed by atoms with Gasteiger partial charge >= 0.3 is 12.0 Å². The van der Waals surface area contributed by atoms with Crippen molar-refractivity contribution in [1.82, 2.24) is 10.2 Å². The van der Waals surface area contributed by atoms with Crippen molar-refractivity contribution in [3.63, 3.8) is 0 Å². The van der Waals surface area contributed by atoms with Crippen molar-refractivity contribution in [2.24, 2.45) is 5.92 Å². The number of rotatable bonds is 5. The lowest BCUT2D eigenvalue weighted by Gasteiger charge is -2.36. The van der Waals surface area contributed by atoms with E-state index in [0.29, 0.717) is 6.04 Å². The number of amides is 2. The normalized spacial score (nSPS) is 22.0. The number of methoxy groups -OCH3 is 1. The van der Waals surface area contributed by atoms with Crippen LogP contribution in [0, 0.1) is 5.92 Å². The number of ether oxygens (including phenoxy) is 1. The number of carbonyl (C=O) groups excluding carboxylic acids is 2. The molecule has 1 saturated heterocycles. The van der Waals surface area contributed by atoms with Gasteiger partial charge in [0.15, 0.2) is 0 Å². The van der Waals surface area contributed by atoms with E-state index in [1.165, 1.54) is 13.5 Å². The van der Waals surface area contributed by atoms with Crippen LogP contribution in [0.1, 0.15) is 52.9 Å². The number of urea groups is 1. The molecule has 1 rings (SSSR count). The maximum atomic E-state index is 12.4. The molecule has 0 aromatic rings. The summed E-state index contributed by atoms with van der Waals surface area (Å²) in [5.41, 5.74) is 0. The van der Waals surface area contributed by atoms with Crippen LogP contribution < -0.4 is 5.32 Å². The van der Waals surface area contributed by atoms with E-state index in [9.17, 15) is 9.59 Å². The van der Waals surface area contributed by atoms with Crippen molar-refractivity contribution in [3.8, 4) is 0 Å². The summed E-state index contributed by atoms with van der Waals surface area (Å²) in [6.07, 6.45) is 5.04. The number of hydrogen-bond donors (Lipinski definition) is 1. The van der Waals surface area contributed by atoms with Gasteiger partial charge in [-0.15, -0.1) is 0 Å². The lowest BCUT2D eigenvalue weighted by Crippen LogP contribution is -2.54. The summed E-state index contributed by atoms with van der Waals surface area (Å²) in [7, 11) is 1.36. The number of piperidine rings is 1. The topological polar surface area (TPSA) is 58.6 Å². The highest BCUT2D eigenvalue weighted by atomic mass is 16.5. The molecular formula is C15H28N2O3. The Morgan fingerprint density at radius 1 is 1.35 bits per heavy atom. The summed E-state index contributed by atoms with van der Waals surface area (Å²) in [5.74, 6) is -0.297. The zero-order valence-electron chi connectivity index (χ0n) is 13.1. The Morgan fingerprint density at radius 3 is 2.60 bits per heavy atom. The number of carbonyl (C=O) groups is 2. The molecule has 0 aliphatic carbocycles. The molecule has 0 saturated carbocycles. The molecule has 0 radical (unpaired) electrons. The molecule has 1 aliphatic rings. The highest BCUT2D eigenvalue weighted by Crippen LogP contribution is 2.20. The lowest BCUT2D eigenvalue weighted by molar-refractivity contribution is -0.144. The van der Waals surface area contributed by atoms with Crippen LogP contribution in [-0.2, 0) is 9.53 Å². The number of nitrogens with zero attached hydrogens (tertiary/aromatic N) is 1. The Bertz CT molecular complexity index is 333. The minimum atomic E-state index is -0.558. The third-order valence-corrected chi connectivity index (χ3v) is 4.31. The maximum Gasteiger partial charge on any atom is 0.328 e. The van der Waals surface area contributed by atoms with Gasteiger partial charge in [0, 0.05) is 12.6 Å². The van der Waals surface area contributed by atoms with Crippen LogP contribution >= 0.6 is 0 Å². The van der Waals surface area contributed by atoms with Crippen LogP contribution in [0.25, 0.3) is 0 Å².